The Balaban J connectivity index is 2.08. The number of aryl methyl sites for hydroxylation is 3. The van der Waals surface area contributed by atoms with E-state index in [1.54, 1.807) is 6.33 Å². The highest BCUT2D eigenvalue weighted by Crippen LogP contribution is 2.35. The third-order valence-electron chi connectivity index (χ3n) is 3.76. The smallest absolute Gasteiger partial charge is 0.348 e. The molecule has 3 aromatic heterocycles. The topological polar surface area (TPSA) is 94.8 Å². The number of hydrogen-bond donors (Lipinski definition) is 1. The minimum Gasteiger partial charge on any atom is -0.465 e. The number of rotatable bonds is 4. The zero-order chi connectivity index (χ0) is 17.4. The number of carbonyl (C=O) groups is 1. The maximum atomic E-state index is 12.0. The van der Waals surface area contributed by atoms with Crippen molar-refractivity contribution in [2.75, 3.05) is 12.4 Å². The normalized spacial score (nSPS) is 12.4. The Morgan fingerprint density at radius 3 is 2.75 bits per heavy atom. The summed E-state index contributed by atoms with van der Waals surface area (Å²) in [6, 6.07) is -0.101. The molecule has 3 heterocycles. The summed E-state index contributed by atoms with van der Waals surface area (Å²) in [4.78, 5) is 22.2. The number of ether oxygens (including phenoxy) is 1. The molecule has 0 saturated heterocycles. The van der Waals surface area contributed by atoms with E-state index in [9.17, 15) is 4.79 Å². The summed E-state index contributed by atoms with van der Waals surface area (Å²) >= 11 is 1.31. The van der Waals surface area contributed by atoms with Crippen LogP contribution in [0.15, 0.2) is 6.33 Å². The van der Waals surface area contributed by atoms with E-state index in [1.165, 1.54) is 18.4 Å². The van der Waals surface area contributed by atoms with Gasteiger partial charge in [-0.25, -0.2) is 14.8 Å². The first kappa shape index (κ1) is 16.3. The van der Waals surface area contributed by atoms with Crippen LogP contribution in [-0.4, -0.2) is 37.8 Å². The molecule has 8 nitrogen and oxygen atoms in total. The van der Waals surface area contributed by atoms with E-state index in [1.807, 2.05) is 32.4 Å². The Bertz CT molecular complexity index is 916. The number of anilines is 1. The van der Waals surface area contributed by atoms with Crippen LogP contribution >= 0.6 is 11.3 Å². The summed E-state index contributed by atoms with van der Waals surface area (Å²) in [5, 5.41) is 12.2. The Labute approximate surface area is 142 Å². The Morgan fingerprint density at radius 2 is 2.12 bits per heavy atom. The molecule has 126 valence electrons. The fourth-order valence-corrected chi connectivity index (χ4v) is 3.74. The van der Waals surface area contributed by atoms with E-state index in [-0.39, 0.29) is 12.0 Å². The fraction of sp³-hybridized carbons (Fsp3) is 0.400. The number of thiophene rings is 1. The molecule has 0 radical (unpaired) electrons. The van der Waals surface area contributed by atoms with Crippen LogP contribution in [0.4, 0.5) is 5.82 Å². The van der Waals surface area contributed by atoms with E-state index >= 15 is 0 Å². The van der Waals surface area contributed by atoms with Gasteiger partial charge in [-0.3, -0.25) is 0 Å². The molecule has 3 rings (SSSR count). The second kappa shape index (κ2) is 6.16. The minimum absolute atomic E-state index is 0.101. The summed E-state index contributed by atoms with van der Waals surface area (Å²) in [5.41, 5.74) is 0.814. The van der Waals surface area contributed by atoms with Crippen LogP contribution < -0.4 is 5.32 Å². The lowest BCUT2D eigenvalue weighted by molar-refractivity contribution is 0.0605. The third-order valence-corrected chi connectivity index (χ3v) is 4.93. The van der Waals surface area contributed by atoms with E-state index < -0.39 is 0 Å². The molecule has 0 aliphatic heterocycles. The zero-order valence-electron chi connectivity index (χ0n) is 14.1. The molecule has 0 bridgehead atoms. The lowest BCUT2D eigenvalue weighted by atomic mass is 10.2. The van der Waals surface area contributed by atoms with Crippen molar-refractivity contribution >= 4 is 33.3 Å². The van der Waals surface area contributed by atoms with Gasteiger partial charge in [-0.1, -0.05) is 0 Å². The lowest BCUT2D eigenvalue weighted by Gasteiger charge is -2.15. The number of nitrogens with zero attached hydrogens (tertiary/aromatic N) is 5. The van der Waals surface area contributed by atoms with E-state index in [0.717, 1.165) is 21.6 Å². The van der Waals surface area contributed by atoms with Crippen LogP contribution in [0.25, 0.3) is 10.2 Å². The molecule has 0 aromatic carbocycles. The van der Waals surface area contributed by atoms with Gasteiger partial charge in [0, 0.05) is 7.05 Å². The van der Waals surface area contributed by atoms with Crippen molar-refractivity contribution in [1.29, 1.82) is 0 Å². The van der Waals surface area contributed by atoms with Crippen molar-refractivity contribution in [1.82, 2.24) is 24.7 Å². The van der Waals surface area contributed by atoms with Crippen LogP contribution in [0.2, 0.25) is 0 Å². The molecule has 0 unspecified atom stereocenters. The van der Waals surface area contributed by atoms with Gasteiger partial charge in [0.25, 0.3) is 0 Å². The standard InChI is InChI=1S/C15H18N6O2S/c1-7-10-12(17-8(2)13-20-16-6-21(13)4)18-9(3)19-14(10)24-11(7)15(22)23-5/h6,8H,1-5H3,(H,17,18,19)/t8-/m1/s1. The van der Waals surface area contributed by atoms with Crippen molar-refractivity contribution in [2.45, 2.75) is 26.8 Å². The van der Waals surface area contributed by atoms with Crippen LogP contribution in [0.1, 0.15) is 39.8 Å². The monoisotopic (exact) mass is 346 g/mol. The average Bonchev–Trinajstić information content (AvgIpc) is 3.10. The summed E-state index contributed by atoms with van der Waals surface area (Å²) in [7, 11) is 3.26. The van der Waals surface area contributed by atoms with Gasteiger partial charge in [0.2, 0.25) is 0 Å². The predicted octanol–water partition coefficient (Wildman–Crippen LogP) is 2.40. The van der Waals surface area contributed by atoms with E-state index in [0.29, 0.717) is 16.5 Å². The lowest BCUT2D eigenvalue weighted by Crippen LogP contribution is -2.13. The van der Waals surface area contributed by atoms with Crippen molar-refractivity contribution < 1.29 is 9.53 Å². The largest absolute Gasteiger partial charge is 0.465 e. The molecule has 0 amide bonds. The number of esters is 1. The quantitative estimate of drug-likeness (QED) is 0.725. The van der Waals surface area contributed by atoms with E-state index in [4.69, 9.17) is 4.74 Å². The summed E-state index contributed by atoms with van der Waals surface area (Å²) in [6.45, 7) is 5.68. The molecule has 0 aliphatic rings. The number of methoxy groups -OCH3 is 1. The molecule has 0 fully saturated rings. The Kier molecular flexibility index (Phi) is 4.18. The molecule has 0 spiro atoms. The van der Waals surface area contributed by atoms with Crippen LogP contribution in [-0.2, 0) is 11.8 Å². The van der Waals surface area contributed by atoms with E-state index in [2.05, 4.69) is 25.5 Å². The zero-order valence-corrected chi connectivity index (χ0v) is 14.9. The number of fused-ring (bicyclic) bond motifs is 1. The van der Waals surface area contributed by atoms with Gasteiger partial charge in [0.15, 0.2) is 5.82 Å². The molecule has 1 N–H and O–H groups in total. The predicted molar refractivity (Wildman–Crippen MR) is 91.3 cm³/mol. The molecule has 1 atom stereocenters. The number of nitrogens with one attached hydrogen (secondary N) is 1. The highest BCUT2D eigenvalue weighted by molar-refractivity contribution is 7.20. The van der Waals surface area contributed by atoms with Gasteiger partial charge in [-0.15, -0.1) is 21.5 Å². The SMILES string of the molecule is COC(=O)c1sc2nc(C)nc(N[C@H](C)c3nncn3C)c2c1C. The average molecular weight is 346 g/mol. The van der Waals surface area contributed by atoms with Crippen molar-refractivity contribution in [2.24, 2.45) is 7.05 Å². The van der Waals surface area contributed by atoms with Crippen molar-refractivity contribution in [3.05, 3.63) is 28.4 Å². The first-order valence-electron chi connectivity index (χ1n) is 7.38. The minimum atomic E-state index is -0.361. The van der Waals surface area contributed by atoms with Crippen LogP contribution in [0.3, 0.4) is 0 Å². The van der Waals surface area contributed by atoms with Crippen molar-refractivity contribution in [3.8, 4) is 0 Å². The van der Waals surface area contributed by atoms with Gasteiger partial charge in [0.1, 0.15) is 27.7 Å². The second-order valence-electron chi connectivity index (χ2n) is 5.51. The van der Waals surface area contributed by atoms with Gasteiger partial charge < -0.3 is 14.6 Å². The first-order valence-corrected chi connectivity index (χ1v) is 8.20. The fourth-order valence-electron chi connectivity index (χ4n) is 2.59. The molecule has 0 aliphatic carbocycles. The van der Waals surface area contributed by atoms with Crippen LogP contribution in [0.5, 0.6) is 0 Å². The summed E-state index contributed by atoms with van der Waals surface area (Å²) in [6.07, 6.45) is 1.65. The number of hydrogen-bond acceptors (Lipinski definition) is 8. The number of aromatic nitrogens is 5. The Morgan fingerprint density at radius 1 is 1.38 bits per heavy atom. The molecule has 24 heavy (non-hydrogen) atoms. The highest BCUT2D eigenvalue weighted by atomic mass is 32.1. The molecule has 3 aromatic rings. The second-order valence-corrected chi connectivity index (χ2v) is 6.51. The maximum Gasteiger partial charge on any atom is 0.348 e. The third kappa shape index (κ3) is 2.71. The van der Waals surface area contributed by atoms with Gasteiger partial charge >= 0.3 is 5.97 Å². The van der Waals surface area contributed by atoms with Gasteiger partial charge in [-0.05, 0) is 26.3 Å². The van der Waals surface area contributed by atoms with Gasteiger partial charge in [0.05, 0.1) is 18.5 Å². The summed E-state index contributed by atoms with van der Waals surface area (Å²) in [5.74, 6) is 1.74. The first-order chi connectivity index (χ1) is 11.4. The maximum absolute atomic E-state index is 12.0. The molecular formula is C15H18N6O2S. The Hall–Kier alpha value is -2.55. The number of carbonyl (C=O) groups excluding carboxylic acids is 1. The van der Waals surface area contributed by atoms with Crippen LogP contribution in [0, 0.1) is 13.8 Å². The molecule has 0 saturated carbocycles. The van der Waals surface area contributed by atoms with Crippen molar-refractivity contribution in [3.63, 3.8) is 0 Å². The van der Waals surface area contributed by atoms with Gasteiger partial charge in [-0.2, -0.15) is 0 Å². The molecular weight excluding hydrogens is 328 g/mol. The molecule has 9 heteroatoms. The highest BCUT2D eigenvalue weighted by Gasteiger charge is 2.22. The summed E-state index contributed by atoms with van der Waals surface area (Å²) < 4.78 is 6.70.